The molecule has 0 amide bonds. The molecule has 1 heterocycles. The minimum atomic E-state index is -0.432. The normalized spacial score (nSPS) is 10.2. The quantitative estimate of drug-likeness (QED) is 0.831. The molecule has 0 saturated heterocycles. The first-order chi connectivity index (χ1) is 6.25. The zero-order valence-electron chi connectivity index (χ0n) is 6.58. The second-order valence-corrected chi connectivity index (χ2v) is 3.47. The molecule has 2 aromatic rings. The minimum Gasteiger partial charge on any atom is -0.408 e. The first-order valence-electron chi connectivity index (χ1n) is 3.70. The van der Waals surface area contributed by atoms with Gasteiger partial charge >= 0.3 is 5.76 Å². The second kappa shape index (κ2) is 3.22. The highest BCUT2D eigenvalue weighted by atomic mass is 79.9. The molecule has 0 radical (unpaired) electrons. The highest BCUT2D eigenvalue weighted by Gasteiger charge is 2.01. The predicted octanol–water partition coefficient (Wildman–Crippen LogP) is 2.40. The van der Waals surface area contributed by atoms with Crippen LogP contribution >= 0.6 is 15.9 Å². The molecule has 0 aliphatic rings. The van der Waals surface area contributed by atoms with Gasteiger partial charge in [0.2, 0.25) is 0 Å². The summed E-state index contributed by atoms with van der Waals surface area (Å²) in [6.45, 7) is 0. The van der Waals surface area contributed by atoms with Gasteiger partial charge in [0.1, 0.15) is 0 Å². The van der Waals surface area contributed by atoms with Crippen molar-refractivity contribution in [3.63, 3.8) is 0 Å². The molecule has 0 spiro atoms. The van der Waals surface area contributed by atoms with Gasteiger partial charge in [0.25, 0.3) is 0 Å². The van der Waals surface area contributed by atoms with E-state index in [9.17, 15) is 4.79 Å². The molecule has 0 saturated carbocycles. The van der Waals surface area contributed by atoms with Crippen molar-refractivity contribution in [3.8, 4) is 11.3 Å². The fraction of sp³-hybridized carbons (Fsp3) is 0. The Morgan fingerprint density at radius 3 is 2.46 bits per heavy atom. The number of benzene rings is 1. The second-order valence-electron chi connectivity index (χ2n) is 2.55. The van der Waals surface area contributed by atoms with Crippen molar-refractivity contribution in [1.29, 1.82) is 0 Å². The van der Waals surface area contributed by atoms with E-state index < -0.39 is 5.76 Å². The molecule has 0 aliphatic heterocycles. The van der Waals surface area contributed by atoms with E-state index >= 15 is 0 Å². The number of rotatable bonds is 1. The van der Waals surface area contributed by atoms with Crippen molar-refractivity contribution in [2.45, 2.75) is 0 Å². The molecule has 66 valence electrons. The fourth-order valence-corrected chi connectivity index (χ4v) is 1.30. The average Bonchev–Trinajstić information content (AvgIpc) is 2.53. The van der Waals surface area contributed by atoms with Crippen LogP contribution < -0.4 is 5.76 Å². The van der Waals surface area contributed by atoms with Gasteiger partial charge in [-0.15, -0.1) is 0 Å². The fourth-order valence-electron chi connectivity index (χ4n) is 1.04. The smallest absolute Gasteiger partial charge is 0.408 e. The lowest BCUT2D eigenvalue weighted by molar-refractivity contribution is 0.528. The maximum atomic E-state index is 10.7. The summed E-state index contributed by atoms with van der Waals surface area (Å²) < 4.78 is 5.88. The number of nitrogens with one attached hydrogen (secondary N) is 1. The van der Waals surface area contributed by atoms with Crippen LogP contribution in [0.3, 0.4) is 0 Å². The number of H-pyrrole nitrogens is 1. The topological polar surface area (TPSA) is 46.0 Å². The summed E-state index contributed by atoms with van der Waals surface area (Å²) >= 11 is 3.32. The maximum Gasteiger partial charge on any atom is 0.416 e. The van der Waals surface area contributed by atoms with Crippen molar-refractivity contribution in [3.05, 3.63) is 45.5 Å². The molecule has 0 aliphatic carbocycles. The monoisotopic (exact) mass is 239 g/mol. The molecule has 0 fully saturated rings. The number of oxazole rings is 1. The Balaban J connectivity index is 2.47. The third-order valence-corrected chi connectivity index (χ3v) is 2.18. The van der Waals surface area contributed by atoms with E-state index in [1.807, 2.05) is 24.3 Å². The van der Waals surface area contributed by atoms with Crippen LogP contribution in [0.25, 0.3) is 11.3 Å². The predicted molar refractivity (Wildman–Crippen MR) is 52.5 cm³/mol. The summed E-state index contributed by atoms with van der Waals surface area (Å²) in [5, 5.41) is 0. The van der Waals surface area contributed by atoms with Gasteiger partial charge in [-0.3, -0.25) is 4.98 Å². The summed E-state index contributed by atoms with van der Waals surface area (Å²) in [6.07, 6.45) is 1.55. The Bertz CT molecular complexity index is 455. The lowest BCUT2D eigenvalue weighted by Crippen LogP contribution is -1.92. The SMILES string of the molecule is O=c1[nH]cc(-c2ccc(Br)cc2)o1. The van der Waals surface area contributed by atoms with E-state index in [4.69, 9.17) is 4.42 Å². The standard InChI is InChI=1S/C9H6BrNO2/c10-7-3-1-6(2-4-7)8-5-11-9(12)13-8/h1-5H,(H,11,12). The van der Waals surface area contributed by atoms with Crippen molar-refractivity contribution in [2.75, 3.05) is 0 Å². The first kappa shape index (κ1) is 8.31. The number of halogens is 1. The van der Waals surface area contributed by atoms with Crippen LogP contribution in [0.4, 0.5) is 0 Å². The van der Waals surface area contributed by atoms with Gasteiger partial charge in [-0.25, -0.2) is 4.79 Å². The number of hydrogen-bond donors (Lipinski definition) is 1. The highest BCUT2D eigenvalue weighted by Crippen LogP contribution is 2.19. The zero-order valence-corrected chi connectivity index (χ0v) is 8.17. The summed E-state index contributed by atoms with van der Waals surface area (Å²) in [5.74, 6) is 0.121. The van der Waals surface area contributed by atoms with Gasteiger partial charge in [0.15, 0.2) is 5.76 Å². The molecule has 0 unspecified atom stereocenters. The molecule has 0 bridgehead atoms. The molecule has 1 N–H and O–H groups in total. The van der Waals surface area contributed by atoms with E-state index in [0.29, 0.717) is 5.76 Å². The first-order valence-corrected chi connectivity index (χ1v) is 4.49. The molecular formula is C9H6BrNO2. The maximum absolute atomic E-state index is 10.7. The minimum absolute atomic E-state index is 0.432. The Morgan fingerprint density at radius 2 is 1.92 bits per heavy atom. The third-order valence-electron chi connectivity index (χ3n) is 1.65. The van der Waals surface area contributed by atoms with Crippen LogP contribution in [-0.2, 0) is 0 Å². The molecule has 1 aromatic carbocycles. The van der Waals surface area contributed by atoms with Crippen molar-refractivity contribution in [2.24, 2.45) is 0 Å². The molecule has 4 heteroatoms. The van der Waals surface area contributed by atoms with Crippen LogP contribution in [0.15, 0.2) is 44.1 Å². The number of aromatic amines is 1. The molecule has 3 nitrogen and oxygen atoms in total. The molecular weight excluding hydrogens is 234 g/mol. The van der Waals surface area contributed by atoms with Gasteiger partial charge in [0.05, 0.1) is 6.20 Å². The van der Waals surface area contributed by atoms with Gasteiger partial charge in [-0.05, 0) is 12.1 Å². The molecule has 1 aromatic heterocycles. The average molecular weight is 240 g/mol. The van der Waals surface area contributed by atoms with Gasteiger partial charge < -0.3 is 4.42 Å². The Labute approximate surface area is 82.5 Å². The van der Waals surface area contributed by atoms with Crippen LogP contribution in [0.5, 0.6) is 0 Å². The highest BCUT2D eigenvalue weighted by molar-refractivity contribution is 9.10. The zero-order chi connectivity index (χ0) is 9.26. The number of aromatic nitrogens is 1. The van der Waals surface area contributed by atoms with Gasteiger partial charge in [-0.2, -0.15) is 0 Å². The lowest BCUT2D eigenvalue weighted by atomic mass is 10.2. The van der Waals surface area contributed by atoms with Crippen molar-refractivity contribution >= 4 is 15.9 Å². The lowest BCUT2D eigenvalue weighted by Gasteiger charge is -1.94. The third kappa shape index (κ3) is 1.72. The van der Waals surface area contributed by atoms with Crippen molar-refractivity contribution in [1.82, 2.24) is 4.98 Å². The Morgan fingerprint density at radius 1 is 1.23 bits per heavy atom. The summed E-state index contributed by atoms with van der Waals surface area (Å²) in [7, 11) is 0. The molecule has 13 heavy (non-hydrogen) atoms. The van der Waals surface area contributed by atoms with Gasteiger partial charge in [-0.1, -0.05) is 28.1 Å². The summed E-state index contributed by atoms with van der Waals surface area (Å²) in [6, 6.07) is 7.52. The van der Waals surface area contributed by atoms with E-state index in [2.05, 4.69) is 20.9 Å². The van der Waals surface area contributed by atoms with Crippen LogP contribution in [0.2, 0.25) is 0 Å². The van der Waals surface area contributed by atoms with Crippen LogP contribution in [-0.4, -0.2) is 4.98 Å². The summed E-state index contributed by atoms with van der Waals surface area (Å²) in [4.78, 5) is 13.1. The van der Waals surface area contributed by atoms with E-state index in [1.54, 1.807) is 6.20 Å². The molecule has 2 rings (SSSR count). The van der Waals surface area contributed by atoms with Crippen LogP contribution in [0.1, 0.15) is 0 Å². The van der Waals surface area contributed by atoms with E-state index in [1.165, 1.54) is 0 Å². The summed E-state index contributed by atoms with van der Waals surface area (Å²) in [5.41, 5.74) is 0.876. The Hall–Kier alpha value is -1.29. The number of hydrogen-bond acceptors (Lipinski definition) is 2. The largest absolute Gasteiger partial charge is 0.416 e. The van der Waals surface area contributed by atoms with Crippen LogP contribution in [0, 0.1) is 0 Å². The Kier molecular flexibility index (Phi) is 2.06. The van der Waals surface area contributed by atoms with Crippen molar-refractivity contribution < 1.29 is 4.42 Å². The van der Waals surface area contributed by atoms with Gasteiger partial charge in [0, 0.05) is 10.0 Å². The molecule has 0 atom stereocenters. The van der Waals surface area contributed by atoms with E-state index in [-0.39, 0.29) is 0 Å². The van der Waals surface area contributed by atoms with E-state index in [0.717, 1.165) is 10.0 Å².